The average molecular weight is 257 g/mol. The Morgan fingerprint density at radius 3 is 2.84 bits per heavy atom. The minimum absolute atomic E-state index is 0.605. The number of rotatable bonds is 4. The first-order chi connectivity index (χ1) is 9.22. The molecule has 3 rings (SSSR count). The lowest BCUT2D eigenvalue weighted by molar-refractivity contribution is 0.212. The Labute approximate surface area is 112 Å². The first-order valence-electron chi connectivity index (χ1n) is 6.83. The van der Waals surface area contributed by atoms with Crippen LogP contribution in [0.2, 0.25) is 0 Å². The van der Waals surface area contributed by atoms with Gasteiger partial charge in [0, 0.05) is 17.3 Å². The van der Waals surface area contributed by atoms with E-state index in [1.807, 2.05) is 12.1 Å². The van der Waals surface area contributed by atoms with Gasteiger partial charge in [0.05, 0.1) is 0 Å². The summed E-state index contributed by atoms with van der Waals surface area (Å²) in [7, 11) is 0. The van der Waals surface area contributed by atoms with E-state index in [1.165, 1.54) is 12.8 Å². The zero-order valence-corrected chi connectivity index (χ0v) is 11.3. The number of benzene rings is 1. The molecule has 2 aromatic rings. The van der Waals surface area contributed by atoms with Crippen LogP contribution >= 0.6 is 0 Å². The first kappa shape index (κ1) is 12.1. The Morgan fingerprint density at radius 2 is 2.16 bits per heavy atom. The monoisotopic (exact) mass is 257 g/mol. The van der Waals surface area contributed by atoms with Crippen molar-refractivity contribution in [2.24, 2.45) is 11.8 Å². The second kappa shape index (κ2) is 4.99. The average Bonchev–Trinajstić information content (AvgIpc) is 2.87. The van der Waals surface area contributed by atoms with Crippen LogP contribution in [0.1, 0.15) is 26.7 Å². The maximum Gasteiger partial charge on any atom is 0.204 e. The van der Waals surface area contributed by atoms with E-state index in [9.17, 15) is 0 Å². The summed E-state index contributed by atoms with van der Waals surface area (Å²) in [6, 6.07) is 8.79. The lowest BCUT2D eigenvalue weighted by atomic mass is 9.73. The molecule has 1 heterocycles. The second-order valence-corrected chi connectivity index (χ2v) is 5.63. The summed E-state index contributed by atoms with van der Waals surface area (Å²) in [5, 5.41) is 17.6. The van der Waals surface area contributed by atoms with Crippen LogP contribution in [0, 0.1) is 11.8 Å². The van der Waals surface area contributed by atoms with Gasteiger partial charge in [-0.2, -0.15) is 5.21 Å². The number of hydrogen-bond acceptors (Lipinski definition) is 4. The summed E-state index contributed by atoms with van der Waals surface area (Å²) in [4.78, 5) is 0. The third kappa shape index (κ3) is 2.59. The highest BCUT2D eigenvalue weighted by atomic mass is 15.5. The molecular formula is C14H19N5. The molecule has 1 saturated carbocycles. The fourth-order valence-corrected chi connectivity index (χ4v) is 2.59. The molecule has 0 unspecified atom stereocenters. The Kier molecular flexibility index (Phi) is 3.19. The van der Waals surface area contributed by atoms with Gasteiger partial charge in [0.15, 0.2) is 0 Å². The van der Waals surface area contributed by atoms with Crippen molar-refractivity contribution in [3.05, 3.63) is 24.3 Å². The standard InChI is InChI=1S/C14H19N5/c1-9(2)11-7-13(8-11)15-12-5-3-4-10(6-12)14-16-18-19-17-14/h3-6,9,11,13,15H,7-8H2,1-2H3,(H,16,17,18,19). The van der Waals surface area contributed by atoms with Gasteiger partial charge in [-0.3, -0.25) is 0 Å². The molecule has 2 N–H and O–H groups in total. The molecule has 1 aromatic heterocycles. The van der Waals surface area contributed by atoms with E-state index in [4.69, 9.17) is 0 Å². The van der Waals surface area contributed by atoms with Gasteiger partial charge >= 0.3 is 0 Å². The van der Waals surface area contributed by atoms with E-state index >= 15 is 0 Å². The van der Waals surface area contributed by atoms with Crippen molar-refractivity contribution in [2.75, 3.05) is 5.32 Å². The molecular weight excluding hydrogens is 238 g/mol. The van der Waals surface area contributed by atoms with Gasteiger partial charge in [0.25, 0.3) is 0 Å². The van der Waals surface area contributed by atoms with Crippen LogP contribution in [0.3, 0.4) is 0 Å². The van der Waals surface area contributed by atoms with Crippen molar-refractivity contribution in [3.8, 4) is 11.4 Å². The van der Waals surface area contributed by atoms with Crippen LogP contribution in [0.4, 0.5) is 5.69 Å². The molecule has 1 aliphatic rings. The fourth-order valence-electron chi connectivity index (χ4n) is 2.59. The molecule has 19 heavy (non-hydrogen) atoms. The Bertz CT molecular complexity index is 529. The predicted octanol–water partition coefficient (Wildman–Crippen LogP) is 2.71. The molecule has 5 nitrogen and oxygen atoms in total. The number of nitrogens with one attached hydrogen (secondary N) is 2. The minimum atomic E-state index is 0.605. The molecule has 0 atom stereocenters. The van der Waals surface area contributed by atoms with Crippen LogP contribution in [0.5, 0.6) is 0 Å². The lowest BCUT2D eigenvalue weighted by Crippen LogP contribution is -2.37. The third-order valence-electron chi connectivity index (χ3n) is 3.95. The van der Waals surface area contributed by atoms with Gasteiger partial charge in [-0.1, -0.05) is 26.0 Å². The Morgan fingerprint density at radius 1 is 1.32 bits per heavy atom. The zero-order chi connectivity index (χ0) is 13.2. The second-order valence-electron chi connectivity index (χ2n) is 5.63. The molecule has 0 radical (unpaired) electrons. The highest BCUT2D eigenvalue weighted by Gasteiger charge is 2.30. The quantitative estimate of drug-likeness (QED) is 0.883. The van der Waals surface area contributed by atoms with Gasteiger partial charge in [0.1, 0.15) is 0 Å². The maximum absolute atomic E-state index is 4.00. The van der Waals surface area contributed by atoms with E-state index in [-0.39, 0.29) is 0 Å². The number of anilines is 1. The van der Waals surface area contributed by atoms with Gasteiger partial charge in [-0.05, 0) is 42.0 Å². The summed E-state index contributed by atoms with van der Waals surface area (Å²) < 4.78 is 0. The van der Waals surface area contributed by atoms with E-state index in [2.05, 4.69) is 51.9 Å². The van der Waals surface area contributed by atoms with E-state index < -0.39 is 0 Å². The Balaban J connectivity index is 1.65. The predicted molar refractivity (Wildman–Crippen MR) is 74.6 cm³/mol. The number of aromatic amines is 1. The lowest BCUT2D eigenvalue weighted by Gasteiger charge is -2.39. The minimum Gasteiger partial charge on any atom is -0.382 e. The molecule has 0 saturated heterocycles. The van der Waals surface area contributed by atoms with E-state index in [1.54, 1.807) is 0 Å². The Hall–Kier alpha value is -1.91. The molecule has 100 valence electrons. The zero-order valence-electron chi connectivity index (χ0n) is 11.3. The summed E-state index contributed by atoms with van der Waals surface area (Å²) in [5.41, 5.74) is 2.12. The smallest absolute Gasteiger partial charge is 0.204 e. The SMILES string of the molecule is CC(C)C1CC(Nc2cccc(-c3nn[nH]n3)c2)C1. The highest BCUT2D eigenvalue weighted by molar-refractivity contribution is 5.62. The molecule has 0 spiro atoms. The molecule has 0 amide bonds. The number of aromatic nitrogens is 4. The van der Waals surface area contributed by atoms with Crippen LogP contribution in [0.25, 0.3) is 11.4 Å². The van der Waals surface area contributed by atoms with Crippen LogP contribution < -0.4 is 5.32 Å². The van der Waals surface area contributed by atoms with Crippen molar-refractivity contribution in [3.63, 3.8) is 0 Å². The van der Waals surface area contributed by atoms with Gasteiger partial charge in [0.2, 0.25) is 5.82 Å². The van der Waals surface area contributed by atoms with Crippen LogP contribution in [-0.4, -0.2) is 26.7 Å². The largest absolute Gasteiger partial charge is 0.382 e. The number of hydrogen-bond donors (Lipinski definition) is 2. The normalized spacial score (nSPS) is 22.3. The van der Waals surface area contributed by atoms with Crippen molar-refractivity contribution < 1.29 is 0 Å². The van der Waals surface area contributed by atoms with Crippen molar-refractivity contribution in [2.45, 2.75) is 32.7 Å². The third-order valence-corrected chi connectivity index (χ3v) is 3.95. The molecule has 0 bridgehead atoms. The van der Waals surface area contributed by atoms with Crippen molar-refractivity contribution in [1.82, 2.24) is 20.6 Å². The maximum atomic E-state index is 4.00. The fraction of sp³-hybridized carbons (Fsp3) is 0.500. The first-order valence-corrected chi connectivity index (χ1v) is 6.83. The molecule has 5 heteroatoms. The van der Waals surface area contributed by atoms with Crippen molar-refractivity contribution in [1.29, 1.82) is 0 Å². The molecule has 1 fully saturated rings. The summed E-state index contributed by atoms with van der Waals surface area (Å²) in [6.45, 7) is 4.61. The van der Waals surface area contributed by atoms with Gasteiger partial charge in [-0.15, -0.1) is 10.2 Å². The van der Waals surface area contributed by atoms with Gasteiger partial charge in [-0.25, -0.2) is 0 Å². The summed E-state index contributed by atoms with van der Waals surface area (Å²) in [5.74, 6) is 2.30. The number of nitrogens with zero attached hydrogens (tertiary/aromatic N) is 3. The van der Waals surface area contributed by atoms with E-state index in [0.29, 0.717) is 11.9 Å². The summed E-state index contributed by atoms with van der Waals surface area (Å²) >= 11 is 0. The van der Waals surface area contributed by atoms with E-state index in [0.717, 1.165) is 23.1 Å². The molecule has 0 aliphatic heterocycles. The number of tetrazole rings is 1. The van der Waals surface area contributed by atoms with Crippen LogP contribution in [0.15, 0.2) is 24.3 Å². The van der Waals surface area contributed by atoms with Crippen LogP contribution in [-0.2, 0) is 0 Å². The van der Waals surface area contributed by atoms with Crippen molar-refractivity contribution >= 4 is 5.69 Å². The van der Waals surface area contributed by atoms with Gasteiger partial charge < -0.3 is 5.32 Å². The summed E-state index contributed by atoms with van der Waals surface area (Å²) in [6.07, 6.45) is 2.54. The topological polar surface area (TPSA) is 66.5 Å². The number of H-pyrrole nitrogens is 1. The highest BCUT2D eigenvalue weighted by Crippen LogP contribution is 2.35. The molecule has 1 aromatic carbocycles. The molecule has 1 aliphatic carbocycles.